The zero-order valence-electron chi connectivity index (χ0n) is 26.1. The number of aliphatic carboxylic acids is 2. The number of carboxylic acid groups (broad SMARTS) is 2. The average Bonchev–Trinajstić information content (AvgIpc) is 3.56. The zero-order chi connectivity index (χ0) is 32.9. The first-order valence-electron chi connectivity index (χ1n) is 15.7. The highest BCUT2D eigenvalue weighted by molar-refractivity contribution is 7.17. The van der Waals surface area contributed by atoms with Crippen LogP contribution in [0.3, 0.4) is 0 Å². The molecule has 0 aliphatic carbocycles. The number of carboxylic acids is 2. The van der Waals surface area contributed by atoms with Crippen molar-refractivity contribution in [3.05, 3.63) is 155 Å². The van der Waals surface area contributed by atoms with Crippen LogP contribution in [-0.4, -0.2) is 66.0 Å². The molecule has 0 atom stereocenters. The molecule has 1 saturated heterocycles. The first-order chi connectivity index (χ1) is 22.9. The van der Waals surface area contributed by atoms with Gasteiger partial charge in [-0.25, -0.2) is 9.59 Å². The van der Waals surface area contributed by atoms with E-state index in [1.807, 2.05) is 0 Å². The molecule has 6 rings (SSSR count). The van der Waals surface area contributed by atoms with Gasteiger partial charge in [0.25, 0.3) is 0 Å². The molecule has 0 radical (unpaired) electrons. The molecule has 0 spiro atoms. The molecule has 2 heterocycles. The first kappa shape index (κ1) is 33.8. The number of thiophene rings is 1. The Morgan fingerprint density at radius 1 is 0.766 bits per heavy atom. The third-order valence-electron chi connectivity index (χ3n) is 7.99. The fourth-order valence-electron chi connectivity index (χ4n) is 5.75. The summed E-state index contributed by atoms with van der Waals surface area (Å²) in [5.74, 6) is -2.51. The molecule has 0 saturated carbocycles. The Hall–Kier alpha value is -4.60. The second-order valence-electron chi connectivity index (χ2n) is 11.3. The Balaban J connectivity index is 0.000000483. The summed E-state index contributed by atoms with van der Waals surface area (Å²) in [7, 11) is 0. The van der Waals surface area contributed by atoms with Crippen LogP contribution in [0.15, 0.2) is 133 Å². The van der Waals surface area contributed by atoms with E-state index in [4.69, 9.17) is 19.7 Å². The first-order valence-corrected chi connectivity index (χ1v) is 16.6. The molecule has 1 fully saturated rings. The van der Waals surface area contributed by atoms with Crippen LogP contribution in [0.2, 0.25) is 0 Å². The summed E-state index contributed by atoms with van der Waals surface area (Å²) >= 11 is 1.80. The maximum atomic E-state index is 9.55. The Kier molecular flexibility index (Phi) is 12.1. The highest BCUT2D eigenvalue weighted by Gasteiger charge is 2.42. The average molecular weight is 650 g/mol. The normalized spacial score (nSPS) is 13.6. The van der Waals surface area contributed by atoms with Gasteiger partial charge >= 0.3 is 11.9 Å². The molecule has 242 valence electrons. The number of benzene rings is 4. The Morgan fingerprint density at radius 2 is 1.32 bits per heavy atom. The van der Waals surface area contributed by atoms with Gasteiger partial charge in [0.2, 0.25) is 0 Å². The van der Waals surface area contributed by atoms with Gasteiger partial charge in [-0.2, -0.15) is 0 Å². The molecule has 4 aromatic carbocycles. The van der Waals surface area contributed by atoms with Crippen molar-refractivity contribution in [3.63, 3.8) is 0 Å². The molecule has 1 aromatic heterocycles. The van der Waals surface area contributed by atoms with Crippen LogP contribution in [-0.2, 0) is 31.1 Å². The van der Waals surface area contributed by atoms with Crippen molar-refractivity contribution in [2.45, 2.75) is 24.5 Å². The number of carbonyl (C=O) groups is 2. The molecular weight excluding hydrogens is 610 g/mol. The summed E-state index contributed by atoms with van der Waals surface area (Å²) in [4.78, 5) is 21.6. The highest BCUT2D eigenvalue weighted by atomic mass is 32.1. The van der Waals surface area contributed by atoms with E-state index in [9.17, 15) is 9.59 Å². The molecule has 0 bridgehead atoms. The molecule has 47 heavy (non-hydrogen) atoms. The predicted molar refractivity (Wildman–Crippen MR) is 186 cm³/mol. The van der Waals surface area contributed by atoms with Gasteiger partial charge in [-0.3, -0.25) is 4.90 Å². The lowest BCUT2D eigenvalue weighted by atomic mass is 9.79. The molecule has 8 heteroatoms. The third kappa shape index (κ3) is 9.24. The number of ether oxygens (including phenoxy) is 2. The quantitative estimate of drug-likeness (QED) is 0.0743. The minimum atomic E-state index is -1.26. The van der Waals surface area contributed by atoms with Crippen molar-refractivity contribution in [3.8, 4) is 0 Å². The SMILES string of the molecule is O=C(O)/C=C\C(=O)O.c1ccc(C(OC2CN(CCCOCCc3ccc4sccc4c3)C2)(c2ccccc2)c2ccccc2)cc1. The summed E-state index contributed by atoms with van der Waals surface area (Å²) in [6, 6.07) is 40.9. The number of rotatable bonds is 14. The van der Waals surface area contributed by atoms with E-state index >= 15 is 0 Å². The molecule has 0 unspecified atom stereocenters. The maximum absolute atomic E-state index is 9.55. The van der Waals surface area contributed by atoms with Crippen molar-refractivity contribution in [1.29, 1.82) is 0 Å². The van der Waals surface area contributed by atoms with Crippen molar-refractivity contribution < 1.29 is 29.3 Å². The second kappa shape index (κ2) is 16.8. The number of likely N-dealkylation sites (tertiary alicyclic amines) is 1. The second-order valence-corrected chi connectivity index (χ2v) is 12.2. The molecule has 7 nitrogen and oxygen atoms in total. The number of hydrogen-bond acceptors (Lipinski definition) is 6. The third-order valence-corrected chi connectivity index (χ3v) is 8.89. The van der Waals surface area contributed by atoms with Crippen LogP contribution in [0.4, 0.5) is 0 Å². The van der Waals surface area contributed by atoms with Crippen LogP contribution in [0.25, 0.3) is 10.1 Å². The number of fused-ring (bicyclic) bond motifs is 1. The maximum Gasteiger partial charge on any atom is 0.328 e. The highest BCUT2D eigenvalue weighted by Crippen LogP contribution is 2.42. The van der Waals surface area contributed by atoms with Crippen LogP contribution in [0, 0.1) is 0 Å². The van der Waals surface area contributed by atoms with Crippen LogP contribution >= 0.6 is 11.3 Å². The van der Waals surface area contributed by atoms with Crippen molar-refractivity contribution in [1.82, 2.24) is 4.90 Å². The zero-order valence-corrected chi connectivity index (χ0v) is 26.9. The number of hydrogen-bond donors (Lipinski definition) is 2. The summed E-state index contributed by atoms with van der Waals surface area (Å²) in [6.07, 6.45) is 3.28. The smallest absolute Gasteiger partial charge is 0.328 e. The minimum Gasteiger partial charge on any atom is -0.478 e. The fraction of sp³-hybridized carbons (Fsp3) is 0.231. The minimum absolute atomic E-state index is 0.165. The van der Waals surface area contributed by atoms with Gasteiger partial charge in [-0.05, 0) is 58.0 Å². The van der Waals surface area contributed by atoms with Crippen LogP contribution in [0.1, 0.15) is 28.7 Å². The fourth-order valence-corrected chi connectivity index (χ4v) is 6.52. The van der Waals surface area contributed by atoms with E-state index in [0.717, 1.165) is 62.4 Å². The van der Waals surface area contributed by atoms with Crippen LogP contribution < -0.4 is 0 Å². The Labute approximate surface area is 279 Å². The van der Waals surface area contributed by atoms with Gasteiger partial charge in [0, 0.05) is 43.1 Å². The monoisotopic (exact) mass is 649 g/mol. The lowest BCUT2D eigenvalue weighted by Crippen LogP contribution is -2.55. The van der Waals surface area contributed by atoms with Gasteiger partial charge in [-0.1, -0.05) is 103 Å². The number of nitrogens with zero attached hydrogens (tertiary/aromatic N) is 1. The molecule has 5 aromatic rings. The van der Waals surface area contributed by atoms with Crippen molar-refractivity contribution in [2.24, 2.45) is 0 Å². The molecular formula is C39H39NO6S. The largest absolute Gasteiger partial charge is 0.478 e. The van der Waals surface area contributed by atoms with Gasteiger partial charge in [0.1, 0.15) is 5.60 Å². The van der Waals surface area contributed by atoms with E-state index in [-0.39, 0.29) is 6.10 Å². The van der Waals surface area contributed by atoms with E-state index in [2.05, 4.69) is 126 Å². The van der Waals surface area contributed by atoms with E-state index in [1.165, 1.54) is 15.6 Å². The Bertz CT molecular complexity index is 1620. The summed E-state index contributed by atoms with van der Waals surface area (Å²) in [5, 5.41) is 19.1. The summed E-state index contributed by atoms with van der Waals surface area (Å²) in [6.45, 7) is 4.49. The molecule has 1 aliphatic rings. The Morgan fingerprint density at radius 3 is 1.85 bits per heavy atom. The molecule has 2 N–H and O–H groups in total. The van der Waals surface area contributed by atoms with Gasteiger partial charge in [0.05, 0.1) is 12.7 Å². The predicted octanol–water partition coefficient (Wildman–Crippen LogP) is 7.26. The van der Waals surface area contributed by atoms with Crippen molar-refractivity contribution >= 4 is 33.4 Å². The lowest BCUT2D eigenvalue weighted by Gasteiger charge is -2.46. The van der Waals surface area contributed by atoms with E-state index in [1.54, 1.807) is 11.3 Å². The lowest BCUT2D eigenvalue weighted by molar-refractivity contribution is -0.134. The van der Waals surface area contributed by atoms with Gasteiger partial charge in [-0.15, -0.1) is 11.3 Å². The topological polar surface area (TPSA) is 96.3 Å². The van der Waals surface area contributed by atoms with E-state index < -0.39 is 17.5 Å². The molecule has 0 amide bonds. The molecule has 1 aliphatic heterocycles. The van der Waals surface area contributed by atoms with Crippen LogP contribution in [0.5, 0.6) is 0 Å². The standard InChI is InChI=1S/C35H35NO2S.C4H4O4/c1-4-11-30(12-5-1)35(31-13-6-2-7-14-31,32-15-8-3-9-16-32)38-33-26-36(27-33)21-10-22-37-23-19-28-17-18-34-29(25-28)20-24-39-34;5-3(6)1-2-4(7)8/h1-9,11-18,20,24-25,33H,10,19,21-23,26-27H2;1-2H,(H,5,6)(H,7,8)/b;2-1-. The van der Waals surface area contributed by atoms with E-state index in [0.29, 0.717) is 12.2 Å². The summed E-state index contributed by atoms with van der Waals surface area (Å²) < 4.78 is 14.4. The van der Waals surface area contributed by atoms with Gasteiger partial charge in [0.15, 0.2) is 0 Å². The van der Waals surface area contributed by atoms with Gasteiger partial charge < -0.3 is 19.7 Å². The summed E-state index contributed by atoms with van der Waals surface area (Å²) in [5.41, 5.74) is 4.19. The van der Waals surface area contributed by atoms with Crippen molar-refractivity contribution in [2.75, 3.05) is 32.8 Å².